The van der Waals surface area contributed by atoms with Gasteiger partial charge < -0.3 is 14.8 Å². The molecule has 5 rings (SSSR count). The van der Waals surface area contributed by atoms with Crippen molar-refractivity contribution in [2.24, 2.45) is 0 Å². The monoisotopic (exact) mass is 476 g/mol. The molecule has 1 unspecified atom stereocenters. The lowest BCUT2D eigenvalue weighted by molar-refractivity contribution is 0.0791. The fraction of sp³-hybridized carbons (Fsp3) is 0.375. The van der Waals surface area contributed by atoms with Gasteiger partial charge in [-0.3, -0.25) is 4.98 Å². The lowest BCUT2D eigenvalue weighted by atomic mass is 10.1. The molecule has 0 aromatic carbocycles. The minimum atomic E-state index is -0.632. The predicted octanol–water partition coefficient (Wildman–Crippen LogP) is 3.00. The summed E-state index contributed by atoms with van der Waals surface area (Å²) >= 11 is 0. The van der Waals surface area contributed by atoms with E-state index in [0.29, 0.717) is 34.3 Å². The normalized spacial score (nSPS) is 15.3. The number of aromatic nitrogens is 6. The van der Waals surface area contributed by atoms with Crippen LogP contribution in [-0.4, -0.2) is 56.4 Å². The first-order chi connectivity index (χ1) is 17.1. The number of methoxy groups -OCH3 is 1. The van der Waals surface area contributed by atoms with Crippen molar-refractivity contribution in [3.8, 4) is 23.1 Å². The molecule has 1 atom stereocenters. The number of nitriles is 1. The lowest BCUT2D eigenvalue weighted by Gasteiger charge is -2.23. The summed E-state index contributed by atoms with van der Waals surface area (Å²) in [6.07, 6.45) is 5.79. The van der Waals surface area contributed by atoms with E-state index in [0.717, 1.165) is 43.4 Å². The van der Waals surface area contributed by atoms with Gasteiger partial charge in [-0.05, 0) is 51.1 Å². The van der Waals surface area contributed by atoms with Crippen LogP contribution in [0.1, 0.15) is 41.9 Å². The molecule has 0 amide bonds. The zero-order valence-corrected chi connectivity index (χ0v) is 19.5. The molecule has 5 heterocycles. The Morgan fingerprint density at radius 2 is 2.11 bits per heavy atom. The van der Waals surface area contributed by atoms with Gasteiger partial charge in [0, 0.05) is 18.9 Å². The molecule has 10 nitrogen and oxygen atoms in total. The van der Waals surface area contributed by atoms with Crippen molar-refractivity contribution in [3.63, 3.8) is 0 Å². The number of nitrogens with one attached hydrogen (secondary N) is 1. The van der Waals surface area contributed by atoms with Crippen LogP contribution < -0.4 is 10.1 Å². The van der Waals surface area contributed by atoms with E-state index in [2.05, 4.69) is 31.8 Å². The van der Waals surface area contributed by atoms with Crippen LogP contribution in [0.3, 0.4) is 0 Å². The lowest BCUT2D eigenvalue weighted by Crippen LogP contribution is -2.30. The van der Waals surface area contributed by atoms with Crippen molar-refractivity contribution < 1.29 is 13.9 Å². The van der Waals surface area contributed by atoms with Gasteiger partial charge in [-0.1, -0.05) is 5.21 Å². The van der Waals surface area contributed by atoms with Gasteiger partial charge in [0.25, 0.3) is 0 Å². The topological polar surface area (TPSA) is 115 Å². The number of pyridine rings is 2. The van der Waals surface area contributed by atoms with Crippen molar-refractivity contribution in [1.82, 2.24) is 34.9 Å². The second-order valence-electron chi connectivity index (χ2n) is 8.47. The predicted molar refractivity (Wildman–Crippen MR) is 124 cm³/mol. The van der Waals surface area contributed by atoms with Gasteiger partial charge in [-0.2, -0.15) is 10.4 Å². The fourth-order valence-electron chi connectivity index (χ4n) is 4.45. The minimum Gasteiger partial charge on any atom is -0.479 e. The highest BCUT2D eigenvalue weighted by Crippen LogP contribution is 2.34. The molecule has 0 aliphatic carbocycles. The van der Waals surface area contributed by atoms with E-state index in [9.17, 15) is 9.65 Å². The Kier molecular flexibility index (Phi) is 6.39. The maximum Gasteiger partial charge on any atom is 0.164 e. The first-order valence-corrected chi connectivity index (χ1v) is 11.4. The Labute approximate surface area is 201 Å². The maximum absolute atomic E-state index is 13.4. The fourth-order valence-corrected chi connectivity index (χ4v) is 4.45. The molecule has 11 heteroatoms. The summed E-state index contributed by atoms with van der Waals surface area (Å²) in [5, 5.41) is 26.3. The molecule has 35 heavy (non-hydrogen) atoms. The van der Waals surface area contributed by atoms with Crippen LogP contribution in [0.4, 0.5) is 4.39 Å². The Morgan fingerprint density at radius 3 is 2.83 bits per heavy atom. The van der Waals surface area contributed by atoms with E-state index in [1.165, 1.54) is 12.3 Å². The average molecular weight is 477 g/mol. The Morgan fingerprint density at radius 1 is 1.29 bits per heavy atom. The van der Waals surface area contributed by atoms with Crippen LogP contribution in [0, 0.1) is 24.1 Å². The molecule has 0 radical (unpaired) electrons. The third kappa shape index (κ3) is 4.45. The zero-order chi connectivity index (χ0) is 24.4. The molecule has 0 bridgehead atoms. The first-order valence-electron chi connectivity index (χ1n) is 11.4. The van der Waals surface area contributed by atoms with Gasteiger partial charge in [0.1, 0.15) is 34.4 Å². The Balaban J connectivity index is 1.57. The molecule has 1 fully saturated rings. The third-order valence-electron chi connectivity index (χ3n) is 6.22. The highest BCUT2D eigenvalue weighted by atomic mass is 19.1. The van der Waals surface area contributed by atoms with Gasteiger partial charge >= 0.3 is 0 Å². The molecule has 1 aliphatic rings. The van der Waals surface area contributed by atoms with Gasteiger partial charge in [0.05, 0.1) is 36.4 Å². The van der Waals surface area contributed by atoms with Gasteiger partial charge in [-0.15, -0.1) is 5.10 Å². The third-order valence-corrected chi connectivity index (χ3v) is 6.22. The molecule has 1 aliphatic heterocycles. The molecule has 1 saturated heterocycles. The molecule has 4 aromatic heterocycles. The largest absolute Gasteiger partial charge is 0.479 e. The second-order valence-corrected chi connectivity index (χ2v) is 8.47. The number of fused-ring (bicyclic) bond motifs is 1. The van der Waals surface area contributed by atoms with Crippen LogP contribution in [0.15, 0.2) is 36.8 Å². The molecule has 0 spiro atoms. The highest BCUT2D eigenvalue weighted by Gasteiger charge is 2.24. The van der Waals surface area contributed by atoms with Gasteiger partial charge in [-0.25, -0.2) is 13.6 Å². The SMILES string of the molecule is COCC(Oc1cc(-c2nnn(C3CCNCC3)c2C)cn2ncc(C#N)c12)c1ccc(F)cn1. The molecule has 1 N–H and O–H groups in total. The van der Waals surface area contributed by atoms with Crippen LogP contribution >= 0.6 is 0 Å². The van der Waals surface area contributed by atoms with E-state index >= 15 is 0 Å². The van der Waals surface area contributed by atoms with Gasteiger partial charge in [0.15, 0.2) is 6.10 Å². The summed E-state index contributed by atoms with van der Waals surface area (Å²) in [7, 11) is 1.55. The van der Waals surface area contributed by atoms with Crippen molar-refractivity contribution >= 4 is 5.52 Å². The number of hydrogen-bond acceptors (Lipinski definition) is 8. The smallest absolute Gasteiger partial charge is 0.164 e. The van der Waals surface area contributed by atoms with Crippen LogP contribution in [0.2, 0.25) is 0 Å². The average Bonchev–Trinajstić information content (AvgIpc) is 3.48. The summed E-state index contributed by atoms with van der Waals surface area (Å²) in [6.45, 7) is 4.08. The minimum absolute atomic E-state index is 0.177. The first kappa shape index (κ1) is 22.9. The quantitative estimate of drug-likeness (QED) is 0.433. The van der Waals surface area contributed by atoms with E-state index < -0.39 is 11.9 Å². The zero-order valence-electron chi connectivity index (χ0n) is 19.5. The van der Waals surface area contributed by atoms with Crippen molar-refractivity contribution in [1.29, 1.82) is 5.26 Å². The number of hydrogen-bond donors (Lipinski definition) is 1. The highest BCUT2D eigenvalue weighted by molar-refractivity contribution is 5.74. The molecule has 180 valence electrons. The van der Waals surface area contributed by atoms with E-state index in [4.69, 9.17) is 9.47 Å². The van der Waals surface area contributed by atoms with Crippen LogP contribution in [0.25, 0.3) is 16.8 Å². The summed E-state index contributed by atoms with van der Waals surface area (Å²) in [6, 6.07) is 7.16. The number of nitrogens with zero attached hydrogens (tertiary/aromatic N) is 7. The number of piperidine rings is 1. The maximum atomic E-state index is 13.4. The summed E-state index contributed by atoms with van der Waals surface area (Å²) in [5.41, 5.74) is 3.80. The molecule has 0 saturated carbocycles. The molecular formula is C24H25FN8O2. The summed E-state index contributed by atoms with van der Waals surface area (Å²) in [4.78, 5) is 4.16. The van der Waals surface area contributed by atoms with Crippen molar-refractivity contribution in [2.45, 2.75) is 31.9 Å². The number of rotatable bonds is 7. The van der Waals surface area contributed by atoms with Crippen molar-refractivity contribution in [2.75, 3.05) is 26.8 Å². The van der Waals surface area contributed by atoms with Gasteiger partial charge in [0.2, 0.25) is 0 Å². The molecular weight excluding hydrogens is 451 g/mol. The second kappa shape index (κ2) is 9.77. The summed E-state index contributed by atoms with van der Waals surface area (Å²) in [5.74, 6) is -0.0234. The number of ether oxygens (including phenoxy) is 2. The van der Waals surface area contributed by atoms with Crippen LogP contribution in [-0.2, 0) is 4.74 Å². The van der Waals surface area contributed by atoms with E-state index in [1.807, 2.05) is 23.9 Å². The Bertz CT molecular complexity index is 1370. The van der Waals surface area contributed by atoms with Crippen molar-refractivity contribution in [3.05, 3.63) is 59.6 Å². The summed E-state index contributed by atoms with van der Waals surface area (Å²) < 4.78 is 28.7. The number of halogens is 1. The molecule has 4 aromatic rings. The van der Waals surface area contributed by atoms with Crippen LogP contribution in [0.5, 0.6) is 5.75 Å². The van der Waals surface area contributed by atoms with E-state index in [-0.39, 0.29) is 6.61 Å². The standard InChI is InChI=1S/C24H25FN8O2/c1-15-23(30-31-33(15)19-5-7-27-8-6-19)16-9-21(24-17(10-26)11-29-32(24)13-16)35-22(14-34-2)20-4-3-18(25)12-28-20/h3-4,9,11-13,19,22,27H,5-8,14H2,1-2H3. The van der Waals surface area contributed by atoms with E-state index in [1.54, 1.807) is 17.7 Å². The Hall–Kier alpha value is -3.88.